The molecule has 101 heavy (non-hydrogen) atoms. The number of hydrogen-bond acceptors (Lipinski definition) is 21. The van der Waals surface area contributed by atoms with Crippen LogP contribution in [0.5, 0.6) is 0 Å². The van der Waals surface area contributed by atoms with Gasteiger partial charge in [-0.15, -0.1) is 0 Å². The van der Waals surface area contributed by atoms with Crippen molar-refractivity contribution < 1.29 is 90.6 Å². The zero-order chi connectivity index (χ0) is 74.1. The highest BCUT2D eigenvalue weighted by atomic mass is 32.2. The van der Waals surface area contributed by atoms with E-state index in [1.165, 1.54) is 217 Å². The third-order valence-corrected chi connectivity index (χ3v) is 20.4. The highest BCUT2D eigenvalue weighted by Gasteiger charge is 2.34. The van der Waals surface area contributed by atoms with Crippen LogP contribution in [0.2, 0.25) is 0 Å². The fourth-order valence-electron chi connectivity index (χ4n) is 11.8. The molecular weight excluding hydrogens is 1330 g/mol. The summed E-state index contributed by atoms with van der Waals surface area (Å²) >= 11 is 2.66. The van der Waals surface area contributed by atoms with Crippen LogP contribution in [0.1, 0.15) is 307 Å². The Kier molecular flexibility index (Phi) is 57.3. The Hall–Kier alpha value is -1.42. The lowest BCUT2D eigenvalue weighted by molar-refractivity contribution is -0.287. The average molecular weight is 1480 g/mol. The van der Waals surface area contributed by atoms with Gasteiger partial charge < -0.3 is 77.2 Å². The van der Waals surface area contributed by atoms with Gasteiger partial charge in [-0.1, -0.05) is 230 Å². The molecule has 4 rings (SSSR count). The fraction of sp³-hybridized carbons (Fsp3) is 0.949. The van der Waals surface area contributed by atoms with E-state index in [0.29, 0.717) is 52.9 Å². The van der Waals surface area contributed by atoms with Gasteiger partial charge in [0.1, 0.15) is 42.4 Å². The quantitative estimate of drug-likeness (QED) is 0.0538. The molecule has 4 aliphatic heterocycles. The molecule has 596 valence electrons. The summed E-state index contributed by atoms with van der Waals surface area (Å²) in [5.74, 6) is -2.39. The largest absolute Gasteiger partial charge is 0.481 e. The first-order valence-corrected chi connectivity index (χ1v) is 42.0. The van der Waals surface area contributed by atoms with Crippen LogP contribution >= 0.6 is 23.5 Å². The molecular formula is C79H149NO19S2. The van der Waals surface area contributed by atoms with Crippen molar-refractivity contribution >= 4 is 45.5 Å². The highest BCUT2D eigenvalue weighted by molar-refractivity contribution is 8.13. The van der Waals surface area contributed by atoms with E-state index in [-0.39, 0.29) is 118 Å². The predicted octanol–water partition coefficient (Wildman–Crippen LogP) is 17.3. The minimum absolute atomic E-state index is 0.0216. The normalized spacial score (nSPS) is 18.0. The van der Waals surface area contributed by atoms with Crippen LogP contribution in [0.3, 0.4) is 0 Å². The first-order chi connectivity index (χ1) is 48.6. The first-order valence-electron chi connectivity index (χ1n) is 40.0. The lowest BCUT2D eigenvalue weighted by atomic mass is 10.0. The number of carbonyl (C=O) groups is 4. The molecule has 0 radical (unpaired) electrons. The highest BCUT2D eigenvalue weighted by Crippen LogP contribution is 2.26. The monoisotopic (exact) mass is 1480 g/mol. The van der Waals surface area contributed by atoms with Gasteiger partial charge >= 0.3 is 5.97 Å². The van der Waals surface area contributed by atoms with Crippen molar-refractivity contribution in [3.63, 3.8) is 0 Å². The van der Waals surface area contributed by atoms with E-state index < -0.39 is 41.3 Å². The van der Waals surface area contributed by atoms with Gasteiger partial charge in [0.15, 0.2) is 33.4 Å². The zero-order valence-corrected chi connectivity index (χ0v) is 67.3. The average Bonchev–Trinajstić information content (AvgIpc) is 0.912. The first kappa shape index (κ1) is 95.7. The third-order valence-electron chi connectivity index (χ3n) is 18.3. The van der Waals surface area contributed by atoms with E-state index in [2.05, 4.69) is 19.6 Å². The minimum atomic E-state index is -0.888. The standard InChI is InChI=1S/C56H102O16S.C22H42O3S.CH5N/c1-10-11-12-13-14-15-16-17-18-19-20-21-22-23-24-25-28-73-52(58)27-26-45(57)29-44(30-59-46(32-61-48-36-65-53(2,3)66-37-48)33-62-49-38-67-54(4,5)68-39-49)31-60-47(34-63-50-40-69-55(6,7)70-41-50)35-64-51-42-71-56(8,9)72-43-51;1-2-3-4-5-6-7-8-9-10-11-12-13-14-15-16-17-20-26-22(25)19-18-21(23)24;1-2/h44,46-51H,10-43H2,1-9H3;2-20H2,1H3,(H,23,24);2H2,1H3. The Morgan fingerprint density at radius 1 is 0.356 bits per heavy atom. The van der Waals surface area contributed by atoms with Gasteiger partial charge in [0.25, 0.3) is 0 Å². The summed E-state index contributed by atoms with van der Waals surface area (Å²) in [6.45, 7) is 23.7. The summed E-state index contributed by atoms with van der Waals surface area (Å²) in [4.78, 5) is 48.5. The number of carbonyl (C=O) groups excluding carboxylic acids is 3. The van der Waals surface area contributed by atoms with Gasteiger partial charge in [0.2, 0.25) is 0 Å². The Balaban J connectivity index is 0.00000104. The Labute approximate surface area is 622 Å². The van der Waals surface area contributed by atoms with E-state index in [1.54, 1.807) is 0 Å². The molecule has 0 unspecified atom stereocenters. The van der Waals surface area contributed by atoms with Crippen molar-refractivity contribution in [1.29, 1.82) is 0 Å². The molecule has 0 aromatic rings. The van der Waals surface area contributed by atoms with Crippen LogP contribution < -0.4 is 5.73 Å². The number of rotatable bonds is 60. The fourth-order valence-corrected chi connectivity index (χ4v) is 13.4. The van der Waals surface area contributed by atoms with Crippen LogP contribution in [0, 0.1) is 5.92 Å². The summed E-state index contributed by atoms with van der Waals surface area (Å²) in [5, 5.41) is 8.60. The number of Topliss-reactive ketones (excluding diaryl/α,β-unsaturated/α-hetero) is 1. The topological polar surface area (TPSA) is 244 Å². The number of ketones is 1. The van der Waals surface area contributed by atoms with Crippen molar-refractivity contribution in [2.24, 2.45) is 11.7 Å². The molecule has 20 nitrogen and oxygen atoms in total. The second-order valence-corrected chi connectivity index (χ2v) is 32.2. The van der Waals surface area contributed by atoms with Crippen molar-refractivity contribution in [3.8, 4) is 0 Å². The smallest absolute Gasteiger partial charge is 0.303 e. The number of carboxylic acid groups (broad SMARTS) is 1. The van der Waals surface area contributed by atoms with E-state index in [0.717, 1.165) is 30.8 Å². The molecule has 4 aliphatic rings. The number of thioether (sulfide) groups is 2. The predicted molar refractivity (Wildman–Crippen MR) is 406 cm³/mol. The number of carboxylic acids is 1. The molecule has 0 bridgehead atoms. The summed E-state index contributed by atoms with van der Waals surface area (Å²) in [6, 6.07) is 0. The maximum atomic E-state index is 13.7. The van der Waals surface area contributed by atoms with E-state index in [9.17, 15) is 19.2 Å². The number of aliphatic carboxylic acids is 1. The van der Waals surface area contributed by atoms with Gasteiger partial charge in [-0.3, -0.25) is 19.2 Å². The molecule has 4 fully saturated rings. The van der Waals surface area contributed by atoms with Crippen molar-refractivity contribution in [2.75, 3.05) is 111 Å². The molecule has 0 saturated carbocycles. The maximum absolute atomic E-state index is 13.7. The molecule has 0 atom stereocenters. The van der Waals surface area contributed by atoms with Gasteiger partial charge in [0.05, 0.1) is 98.9 Å². The van der Waals surface area contributed by atoms with Crippen LogP contribution in [-0.4, -0.2) is 198 Å². The lowest BCUT2D eigenvalue weighted by Crippen LogP contribution is -2.46. The number of nitrogens with two attached hydrogens (primary N) is 1. The van der Waals surface area contributed by atoms with Crippen LogP contribution in [0.25, 0.3) is 0 Å². The zero-order valence-electron chi connectivity index (χ0n) is 65.7. The van der Waals surface area contributed by atoms with Gasteiger partial charge in [-0.25, -0.2) is 0 Å². The molecule has 0 aromatic carbocycles. The summed E-state index contributed by atoms with van der Waals surface area (Å²) in [7, 11) is 1.50. The SMILES string of the molecule is CCCCCCCCCCCCCCCCCCSC(=O)CCC(=O)CC(COC(COC1COC(C)(C)OC1)COC1COC(C)(C)OC1)COC(COC1COC(C)(C)OC1)COC1COC(C)(C)OC1.CCCCCCCCCCCCCCCCCCSC(=O)CCC(=O)O.CN. The van der Waals surface area contributed by atoms with Crippen LogP contribution in [-0.2, 0) is 85.5 Å². The summed E-state index contributed by atoms with van der Waals surface area (Å²) < 4.78 is 85.0. The minimum Gasteiger partial charge on any atom is -0.481 e. The van der Waals surface area contributed by atoms with Crippen LogP contribution in [0.15, 0.2) is 0 Å². The molecule has 0 aromatic heterocycles. The lowest BCUT2D eigenvalue weighted by Gasteiger charge is -2.36. The molecule has 4 heterocycles. The van der Waals surface area contributed by atoms with E-state index in [4.69, 9.17) is 71.4 Å². The third kappa shape index (κ3) is 55.6. The van der Waals surface area contributed by atoms with Crippen molar-refractivity contribution in [2.45, 2.75) is 367 Å². The number of hydrogen-bond donors (Lipinski definition) is 2. The number of unbranched alkanes of at least 4 members (excludes halogenated alkanes) is 30. The van der Waals surface area contributed by atoms with Crippen molar-refractivity contribution in [1.82, 2.24) is 0 Å². The van der Waals surface area contributed by atoms with E-state index in [1.807, 2.05) is 55.4 Å². The molecule has 22 heteroatoms. The summed E-state index contributed by atoms with van der Waals surface area (Å²) in [5.41, 5.74) is 4.50. The Bertz CT molecular complexity index is 1850. The second kappa shape index (κ2) is 60.5. The Morgan fingerprint density at radius 3 is 0.822 bits per heavy atom. The molecule has 0 aliphatic carbocycles. The van der Waals surface area contributed by atoms with E-state index >= 15 is 0 Å². The van der Waals surface area contributed by atoms with Gasteiger partial charge in [-0.2, -0.15) is 0 Å². The maximum Gasteiger partial charge on any atom is 0.303 e. The Morgan fingerprint density at radius 2 is 0.584 bits per heavy atom. The number of ether oxygens (including phenoxy) is 14. The molecule has 0 spiro atoms. The molecule has 4 saturated heterocycles. The van der Waals surface area contributed by atoms with Crippen LogP contribution in [0.4, 0.5) is 0 Å². The second-order valence-electron chi connectivity index (χ2n) is 29.9. The summed E-state index contributed by atoms with van der Waals surface area (Å²) in [6.07, 6.45) is 41.1. The van der Waals surface area contributed by atoms with Crippen molar-refractivity contribution in [3.05, 3.63) is 0 Å². The van der Waals surface area contributed by atoms with Gasteiger partial charge in [-0.05, 0) is 75.3 Å². The molecule has 0 amide bonds. The van der Waals surface area contributed by atoms with Gasteiger partial charge in [0, 0.05) is 43.1 Å². The molecule has 3 N–H and O–H groups in total.